The van der Waals surface area contributed by atoms with Crippen molar-refractivity contribution in [2.45, 2.75) is 12.9 Å². The Balaban J connectivity index is 1.92. The third kappa shape index (κ3) is 5.02. The maximum absolute atomic E-state index is 14.6. The number of hydrogen-bond acceptors (Lipinski definition) is 6. The molecule has 2 aromatic rings. The summed E-state index contributed by atoms with van der Waals surface area (Å²) < 4.78 is 38.2. The van der Waals surface area contributed by atoms with Crippen LogP contribution in [0.2, 0.25) is 5.02 Å². The number of carbonyl (C=O) groups excluding carboxylic acids is 1. The summed E-state index contributed by atoms with van der Waals surface area (Å²) >= 11 is 5.91. The first-order valence-electron chi connectivity index (χ1n) is 8.99. The average molecular weight is 427 g/mol. The summed E-state index contributed by atoms with van der Waals surface area (Å²) in [6, 6.07) is 8.01. The number of rotatable bonds is 6. The molecule has 0 aliphatic carbocycles. The molecule has 0 radical (unpaired) electrons. The van der Waals surface area contributed by atoms with E-state index in [1.807, 2.05) is 0 Å². The van der Waals surface area contributed by atoms with Gasteiger partial charge in [-0.3, -0.25) is 4.90 Å². The molecule has 1 saturated heterocycles. The molecular weight excluding hydrogens is 406 g/mol. The van der Waals surface area contributed by atoms with Gasteiger partial charge in [-0.2, -0.15) is 0 Å². The fourth-order valence-electron chi connectivity index (χ4n) is 3.08. The molecule has 0 amide bonds. The van der Waals surface area contributed by atoms with E-state index in [9.17, 15) is 18.7 Å². The van der Waals surface area contributed by atoms with Crippen LogP contribution in [-0.4, -0.2) is 55.7 Å². The van der Waals surface area contributed by atoms with Crippen molar-refractivity contribution >= 4 is 23.3 Å². The van der Waals surface area contributed by atoms with Gasteiger partial charge in [0.2, 0.25) is 0 Å². The van der Waals surface area contributed by atoms with Crippen molar-refractivity contribution in [2.75, 3.05) is 38.3 Å². The minimum Gasteiger partial charge on any atom is -0.465 e. The molecule has 2 aromatic carbocycles. The Morgan fingerprint density at radius 3 is 2.59 bits per heavy atom. The van der Waals surface area contributed by atoms with Crippen LogP contribution in [0.15, 0.2) is 36.4 Å². The molecule has 3 rings (SSSR count). The maximum atomic E-state index is 14.6. The molecule has 0 spiro atoms. The molecule has 1 atom stereocenters. The summed E-state index contributed by atoms with van der Waals surface area (Å²) in [6.45, 7) is 1.84. The van der Waals surface area contributed by atoms with Gasteiger partial charge in [0.25, 0.3) is 0 Å². The van der Waals surface area contributed by atoms with Gasteiger partial charge in [-0.1, -0.05) is 17.7 Å². The van der Waals surface area contributed by atoms with E-state index in [1.54, 1.807) is 4.90 Å². The molecule has 1 aliphatic rings. The first kappa shape index (κ1) is 21.4. The van der Waals surface area contributed by atoms with E-state index in [4.69, 9.17) is 16.3 Å². The second-order valence-electron chi connectivity index (χ2n) is 6.52. The molecule has 1 aliphatic heterocycles. The second-order valence-corrected chi connectivity index (χ2v) is 6.93. The fraction of sp³-hybridized carbons (Fsp3) is 0.350. The Morgan fingerprint density at radius 1 is 1.24 bits per heavy atom. The van der Waals surface area contributed by atoms with E-state index in [1.165, 1.54) is 42.3 Å². The minimum absolute atomic E-state index is 0.0340. The molecule has 0 aromatic heterocycles. The summed E-state index contributed by atoms with van der Waals surface area (Å²) in [5, 5.41) is 10.8. The van der Waals surface area contributed by atoms with Gasteiger partial charge in [-0.05, 0) is 30.3 Å². The lowest BCUT2D eigenvalue weighted by molar-refractivity contribution is -0.0597. The topological polar surface area (TPSA) is 62.2 Å². The molecule has 29 heavy (non-hydrogen) atoms. The van der Waals surface area contributed by atoms with Crippen LogP contribution < -0.4 is 4.90 Å². The summed E-state index contributed by atoms with van der Waals surface area (Å²) in [5.41, 5.74) is 0.746. The Bertz CT molecular complexity index is 878. The summed E-state index contributed by atoms with van der Waals surface area (Å²) in [6.07, 6.45) is -1.11. The number of halogens is 3. The lowest BCUT2D eigenvalue weighted by Gasteiger charge is -2.39. The van der Waals surface area contributed by atoms with Crippen LogP contribution in [0.4, 0.5) is 14.5 Å². The van der Waals surface area contributed by atoms with Gasteiger partial charge < -0.3 is 19.5 Å². The van der Waals surface area contributed by atoms with Crippen LogP contribution in [-0.2, 0) is 16.0 Å². The highest BCUT2D eigenvalue weighted by atomic mass is 35.5. The number of benzene rings is 2. The summed E-state index contributed by atoms with van der Waals surface area (Å²) in [4.78, 5) is 14.9. The van der Waals surface area contributed by atoms with E-state index in [2.05, 4.69) is 4.74 Å². The van der Waals surface area contributed by atoms with Crippen LogP contribution in [0, 0.1) is 11.6 Å². The van der Waals surface area contributed by atoms with Gasteiger partial charge in [0, 0.05) is 30.9 Å². The number of hydrogen-bond donors (Lipinski definition) is 1. The number of aliphatic hydroxyl groups is 1. The van der Waals surface area contributed by atoms with Crippen molar-refractivity contribution in [1.82, 2.24) is 4.90 Å². The molecule has 1 N–H and O–H groups in total. The third-order valence-electron chi connectivity index (χ3n) is 4.70. The zero-order valence-corrected chi connectivity index (χ0v) is 16.5. The number of anilines is 1. The van der Waals surface area contributed by atoms with Crippen LogP contribution in [0.1, 0.15) is 15.9 Å². The molecule has 156 valence electrons. The Morgan fingerprint density at radius 2 is 1.97 bits per heavy atom. The highest BCUT2D eigenvalue weighted by Gasteiger charge is 2.27. The number of ether oxygens (including phenoxy) is 2. The van der Waals surface area contributed by atoms with Crippen LogP contribution in [0.25, 0.3) is 0 Å². The SMILES string of the molecule is COC(=O)c1ccc(CN(c2ccc(F)c(Cl)c2)C(O)N2CCOCC2)c(F)c1. The largest absolute Gasteiger partial charge is 0.465 e. The predicted octanol–water partition coefficient (Wildman–Crippen LogP) is 3.02. The van der Waals surface area contributed by atoms with Crippen molar-refractivity contribution in [1.29, 1.82) is 0 Å². The van der Waals surface area contributed by atoms with Crippen molar-refractivity contribution in [2.24, 2.45) is 0 Å². The first-order valence-corrected chi connectivity index (χ1v) is 9.37. The number of aliphatic hydroxyl groups excluding tert-OH is 1. The zero-order chi connectivity index (χ0) is 21.0. The number of esters is 1. The molecule has 1 fully saturated rings. The van der Waals surface area contributed by atoms with E-state index in [0.717, 1.165) is 6.07 Å². The highest BCUT2D eigenvalue weighted by molar-refractivity contribution is 6.31. The van der Waals surface area contributed by atoms with Crippen molar-refractivity contribution in [3.63, 3.8) is 0 Å². The maximum Gasteiger partial charge on any atom is 0.337 e. The lowest BCUT2D eigenvalue weighted by Crippen LogP contribution is -2.52. The molecule has 1 heterocycles. The van der Waals surface area contributed by atoms with Gasteiger partial charge >= 0.3 is 5.97 Å². The van der Waals surface area contributed by atoms with Crippen LogP contribution in [0.5, 0.6) is 0 Å². The van der Waals surface area contributed by atoms with Gasteiger partial charge in [0.05, 0.1) is 30.9 Å². The Labute approximate surface area is 172 Å². The molecular formula is C20H21ClF2N2O4. The lowest BCUT2D eigenvalue weighted by atomic mass is 10.1. The van der Waals surface area contributed by atoms with E-state index in [-0.39, 0.29) is 22.7 Å². The van der Waals surface area contributed by atoms with Gasteiger partial charge in [0.15, 0.2) is 6.35 Å². The van der Waals surface area contributed by atoms with Gasteiger partial charge in [-0.25, -0.2) is 13.6 Å². The standard InChI is InChI=1S/C20H21ClF2N2O4/c1-28-19(26)13-2-3-14(18(23)10-13)12-25(15-4-5-17(22)16(21)11-15)20(27)24-6-8-29-9-7-24/h2-5,10-11,20,27H,6-9,12H2,1H3. The second kappa shape index (κ2) is 9.49. The highest BCUT2D eigenvalue weighted by Crippen LogP contribution is 2.27. The summed E-state index contributed by atoms with van der Waals surface area (Å²) in [5.74, 6) is -1.86. The molecule has 1 unspecified atom stereocenters. The molecule has 0 bridgehead atoms. The smallest absolute Gasteiger partial charge is 0.337 e. The number of carbonyl (C=O) groups is 1. The zero-order valence-electron chi connectivity index (χ0n) is 15.8. The van der Waals surface area contributed by atoms with Crippen molar-refractivity contribution in [3.05, 3.63) is 64.2 Å². The van der Waals surface area contributed by atoms with Gasteiger partial charge in [0.1, 0.15) is 11.6 Å². The quantitative estimate of drug-likeness (QED) is 0.566. The normalized spacial score (nSPS) is 15.8. The first-order chi connectivity index (χ1) is 13.9. The summed E-state index contributed by atoms with van der Waals surface area (Å²) in [7, 11) is 1.22. The average Bonchev–Trinajstić information content (AvgIpc) is 2.74. The molecule has 6 nitrogen and oxygen atoms in total. The van der Waals surface area contributed by atoms with E-state index >= 15 is 0 Å². The number of morpholine rings is 1. The van der Waals surface area contributed by atoms with Crippen molar-refractivity contribution < 1.29 is 28.2 Å². The molecule has 0 saturated carbocycles. The predicted molar refractivity (Wildman–Crippen MR) is 104 cm³/mol. The number of methoxy groups -OCH3 is 1. The minimum atomic E-state index is -1.11. The Kier molecular flexibility index (Phi) is 7.02. The van der Waals surface area contributed by atoms with Crippen LogP contribution >= 0.6 is 11.6 Å². The van der Waals surface area contributed by atoms with Gasteiger partial charge in [-0.15, -0.1) is 0 Å². The third-order valence-corrected chi connectivity index (χ3v) is 4.99. The van der Waals surface area contributed by atoms with Crippen molar-refractivity contribution in [3.8, 4) is 0 Å². The fourth-order valence-corrected chi connectivity index (χ4v) is 3.25. The van der Waals surface area contributed by atoms with Crippen LogP contribution in [0.3, 0.4) is 0 Å². The molecule has 9 heteroatoms. The van der Waals surface area contributed by atoms with E-state index < -0.39 is 24.0 Å². The van der Waals surface area contributed by atoms with E-state index in [0.29, 0.717) is 32.0 Å². The Hall–Kier alpha value is -2.26. The monoisotopic (exact) mass is 426 g/mol. The number of nitrogens with zero attached hydrogens (tertiary/aromatic N) is 2.